The first kappa shape index (κ1) is 13.1. The third-order valence-corrected chi connectivity index (χ3v) is 6.22. The van der Waals surface area contributed by atoms with Crippen molar-refractivity contribution in [3.8, 4) is 0 Å². The number of likely N-dealkylation sites (tertiary alicyclic amines) is 1. The lowest BCUT2D eigenvalue weighted by molar-refractivity contribution is 0.0642. The van der Waals surface area contributed by atoms with Gasteiger partial charge >= 0.3 is 0 Å². The van der Waals surface area contributed by atoms with Crippen molar-refractivity contribution < 1.29 is 4.79 Å². The predicted molar refractivity (Wildman–Crippen MR) is 80.1 cm³/mol. The van der Waals surface area contributed by atoms with E-state index in [4.69, 9.17) is 0 Å². The molecule has 3 heterocycles. The molecule has 2 saturated heterocycles. The number of thiophene rings is 1. The second-order valence-corrected chi connectivity index (χ2v) is 8.71. The highest BCUT2D eigenvalue weighted by Crippen LogP contribution is 2.34. The molecule has 2 aliphatic rings. The Labute approximate surface area is 127 Å². The van der Waals surface area contributed by atoms with Gasteiger partial charge in [-0.15, -0.1) is 11.3 Å². The summed E-state index contributed by atoms with van der Waals surface area (Å²) < 4.78 is 1.92. The molecular formula is C12H14Br2N2OS. The molecule has 0 radical (unpaired) electrons. The number of amides is 1. The van der Waals surface area contributed by atoms with Crippen LogP contribution in [0, 0.1) is 11.8 Å². The Bertz CT molecular complexity index is 477. The van der Waals surface area contributed by atoms with Gasteiger partial charge in [-0.1, -0.05) is 0 Å². The van der Waals surface area contributed by atoms with Gasteiger partial charge in [0.25, 0.3) is 5.91 Å². The van der Waals surface area contributed by atoms with Gasteiger partial charge < -0.3 is 10.2 Å². The molecule has 0 aromatic carbocycles. The summed E-state index contributed by atoms with van der Waals surface area (Å²) in [5.41, 5.74) is 0.788. The van der Waals surface area contributed by atoms with Gasteiger partial charge in [-0.3, -0.25) is 4.79 Å². The third kappa shape index (κ3) is 2.40. The lowest BCUT2D eigenvalue weighted by atomic mass is 9.88. The summed E-state index contributed by atoms with van der Waals surface area (Å²) in [5, 5.41) is 3.43. The topological polar surface area (TPSA) is 32.3 Å². The maximum Gasteiger partial charge on any atom is 0.255 e. The molecule has 18 heavy (non-hydrogen) atoms. The first-order valence-electron chi connectivity index (χ1n) is 6.10. The van der Waals surface area contributed by atoms with Crippen LogP contribution < -0.4 is 5.32 Å². The van der Waals surface area contributed by atoms with Crippen molar-refractivity contribution in [1.29, 1.82) is 0 Å². The highest BCUT2D eigenvalue weighted by molar-refractivity contribution is 9.12. The van der Waals surface area contributed by atoms with Crippen LogP contribution in [0.2, 0.25) is 0 Å². The highest BCUT2D eigenvalue weighted by Gasteiger charge is 2.35. The molecule has 2 fully saturated rings. The van der Waals surface area contributed by atoms with Crippen molar-refractivity contribution in [3.63, 3.8) is 0 Å². The van der Waals surface area contributed by atoms with E-state index in [1.807, 2.05) is 11.0 Å². The Hall–Kier alpha value is 0.0900. The first-order chi connectivity index (χ1) is 8.65. The maximum atomic E-state index is 12.5. The summed E-state index contributed by atoms with van der Waals surface area (Å²) in [6.45, 7) is 3.97. The largest absolute Gasteiger partial charge is 0.338 e. The van der Waals surface area contributed by atoms with E-state index in [0.717, 1.165) is 51.7 Å². The Morgan fingerprint density at radius 1 is 1.39 bits per heavy atom. The summed E-state index contributed by atoms with van der Waals surface area (Å²) in [6, 6.07) is 1.91. The van der Waals surface area contributed by atoms with Crippen molar-refractivity contribution in [1.82, 2.24) is 10.2 Å². The minimum atomic E-state index is 0.161. The number of carbonyl (C=O) groups is 1. The minimum absolute atomic E-state index is 0.161. The second-order valence-electron chi connectivity index (χ2n) is 4.96. The predicted octanol–water partition coefficient (Wildman–Crippen LogP) is 2.95. The Balaban J connectivity index is 1.75. The van der Waals surface area contributed by atoms with E-state index in [1.165, 1.54) is 0 Å². The van der Waals surface area contributed by atoms with Crippen molar-refractivity contribution in [2.45, 2.75) is 6.42 Å². The molecule has 1 aromatic heterocycles. The van der Waals surface area contributed by atoms with Gasteiger partial charge in [0.05, 0.1) is 13.1 Å². The summed E-state index contributed by atoms with van der Waals surface area (Å²) in [5.74, 6) is 1.57. The molecule has 98 valence electrons. The van der Waals surface area contributed by atoms with E-state index < -0.39 is 0 Å². The van der Waals surface area contributed by atoms with Crippen LogP contribution in [-0.2, 0) is 0 Å². The zero-order chi connectivity index (χ0) is 12.7. The van der Waals surface area contributed by atoms with Gasteiger partial charge in [0, 0.05) is 13.1 Å². The molecule has 1 amide bonds. The lowest BCUT2D eigenvalue weighted by Gasteiger charge is -2.34. The fraction of sp³-hybridized carbons (Fsp3) is 0.583. The standard InChI is InChI=1S/C12H14Br2N2OS/c13-10-3-9(11(14)18-10)12(17)16-2-1-7-4-15-5-8(7)6-16/h3,7-8,15H,1-2,4-6H2. The van der Waals surface area contributed by atoms with Crippen LogP contribution in [0.15, 0.2) is 13.6 Å². The number of rotatable bonds is 1. The van der Waals surface area contributed by atoms with Gasteiger partial charge in [0.2, 0.25) is 0 Å². The van der Waals surface area contributed by atoms with Gasteiger partial charge in [-0.2, -0.15) is 0 Å². The molecule has 1 N–H and O–H groups in total. The van der Waals surface area contributed by atoms with E-state index in [1.54, 1.807) is 11.3 Å². The number of hydrogen-bond donors (Lipinski definition) is 1. The highest BCUT2D eigenvalue weighted by atomic mass is 79.9. The van der Waals surface area contributed by atoms with Crippen LogP contribution in [0.3, 0.4) is 0 Å². The Morgan fingerprint density at radius 3 is 2.89 bits per heavy atom. The quantitative estimate of drug-likeness (QED) is 0.795. The van der Waals surface area contributed by atoms with Crippen LogP contribution in [0.1, 0.15) is 16.8 Å². The van der Waals surface area contributed by atoms with Gasteiger partial charge in [0.1, 0.15) is 0 Å². The fourth-order valence-corrected chi connectivity index (χ4v) is 5.65. The lowest BCUT2D eigenvalue weighted by Crippen LogP contribution is -2.43. The molecule has 0 bridgehead atoms. The maximum absolute atomic E-state index is 12.5. The normalized spacial score (nSPS) is 27.3. The van der Waals surface area contributed by atoms with Crippen LogP contribution in [0.5, 0.6) is 0 Å². The summed E-state index contributed by atoms with van der Waals surface area (Å²) >= 11 is 8.45. The monoisotopic (exact) mass is 392 g/mol. The van der Waals surface area contributed by atoms with E-state index in [9.17, 15) is 4.79 Å². The minimum Gasteiger partial charge on any atom is -0.338 e. The van der Waals surface area contributed by atoms with Gasteiger partial charge in [0.15, 0.2) is 0 Å². The SMILES string of the molecule is O=C(c1cc(Br)sc1Br)N1CCC2CNCC2C1. The number of nitrogens with one attached hydrogen (secondary N) is 1. The van der Waals surface area contributed by atoms with E-state index >= 15 is 0 Å². The molecule has 0 saturated carbocycles. The summed E-state index contributed by atoms with van der Waals surface area (Å²) in [4.78, 5) is 14.5. The average Bonchev–Trinajstić information content (AvgIpc) is 2.93. The van der Waals surface area contributed by atoms with Gasteiger partial charge in [-0.05, 0) is 69.3 Å². The molecule has 0 aliphatic carbocycles. The van der Waals surface area contributed by atoms with Crippen molar-refractivity contribution in [3.05, 3.63) is 19.2 Å². The molecule has 0 spiro atoms. The fourth-order valence-electron chi connectivity index (χ4n) is 2.88. The van der Waals surface area contributed by atoms with E-state index in [0.29, 0.717) is 5.92 Å². The van der Waals surface area contributed by atoms with E-state index in [-0.39, 0.29) is 5.91 Å². The van der Waals surface area contributed by atoms with Crippen LogP contribution >= 0.6 is 43.2 Å². The Kier molecular flexibility index (Phi) is 3.80. The smallest absolute Gasteiger partial charge is 0.255 e. The zero-order valence-corrected chi connectivity index (χ0v) is 13.8. The number of hydrogen-bond acceptors (Lipinski definition) is 3. The third-order valence-electron chi connectivity index (χ3n) is 3.88. The first-order valence-corrected chi connectivity index (χ1v) is 8.50. The number of carbonyl (C=O) groups excluding carboxylic acids is 1. The molecular weight excluding hydrogens is 380 g/mol. The number of nitrogens with zero attached hydrogens (tertiary/aromatic N) is 1. The molecule has 2 atom stereocenters. The van der Waals surface area contributed by atoms with Crippen LogP contribution in [0.25, 0.3) is 0 Å². The summed E-state index contributed by atoms with van der Waals surface area (Å²) in [7, 11) is 0. The molecule has 1 aromatic rings. The molecule has 6 heteroatoms. The second kappa shape index (κ2) is 5.23. The zero-order valence-electron chi connectivity index (χ0n) is 9.79. The number of fused-ring (bicyclic) bond motifs is 1. The van der Waals surface area contributed by atoms with Crippen LogP contribution in [-0.4, -0.2) is 37.0 Å². The van der Waals surface area contributed by atoms with Gasteiger partial charge in [-0.25, -0.2) is 0 Å². The molecule has 2 aliphatic heterocycles. The van der Waals surface area contributed by atoms with E-state index in [2.05, 4.69) is 37.2 Å². The van der Waals surface area contributed by atoms with Crippen molar-refractivity contribution in [2.24, 2.45) is 11.8 Å². The molecule has 3 nitrogen and oxygen atoms in total. The summed E-state index contributed by atoms with van der Waals surface area (Å²) in [6.07, 6.45) is 1.13. The molecule has 2 unspecified atom stereocenters. The Morgan fingerprint density at radius 2 is 2.17 bits per heavy atom. The molecule has 3 rings (SSSR count). The van der Waals surface area contributed by atoms with Crippen molar-refractivity contribution in [2.75, 3.05) is 26.2 Å². The number of halogens is 2. The average molecular weight is 394 g/mol. The number of piperidine rings is 1. The van der Waals surface area contributed by atoms with Crippen molar-refractivity contribution >= 4 is 49.1 Å². The van der Waals surface area contributed by atoms with Crippen LogP contribution in [0.4, 0.5) is 0 Å².